The molecule has 2 rings (SSSR count). The van der Waals surface area contributed by atoms with Crippen LogP contribution in [0.15, 0.2) is 29.6 Å². The molecule has 0 unspecified atom stereocenters. The quantitative estimate of drug-likeness (QED) is 0.808. The zero-order valence-electron chi connectivity index (χ0n) is 9.90. The lowest BCUT2D eigenvalue weighted by atomic mass is 10.1. The molecular formula is C13H16N2S. The molecule has 0 spiro atoms. The van der Waals surface area contributed by atoms with Gasteiger partial charge >= 0.3 is 0 Å². The Labute approximate surface area is 101 Å². The standard InChI is InChI=1S/C13H16N2S/c1-10-6-4-5-7-12(10)13-14-11(9-16-13)8-15(2)3/h4-7,9H,8H2,1-3H3. The summed E-state index contributed by atoms with van der Waals surface area (Å²) in [5, 5.41) is 3.26. The lowest BCUT2D eigenvalue weighted by Gasteiger charge is -2.05. The van der Waals surface area contributed by atoms with Crippen molar-refractivity contribution >= 4 is 11.3 Å². The van der Waals surface area contributed by atoms with Crippen molar-refractivity contribution in [3.63, 3.8) is 0 Å². The molecule has 0 bridgehead atoms. The van der Waals surface area contributed by atoms with Crippen molar-refractivity contribution < 1.29 is 0 Å². The van der Waals surface area contributed by atoms with Crippen LogP contribution >= 0.6 is 11.3 Å². The Hall–Kier alpha value is -1.19. The highest BCUT2D eigenvalue weighted by atomic mass is 32.1. The molecule has 0 fully saturated rings. The van der Waals surface area contributed by atoms with E-state index in [1.54, 1.807) is 11.3 Å². The van der Waals surface area contributed by atoms with Crippen molar-refractivity contribution in [2.24, 2.45) is 0 Å². The Morgan fingerprint density at radius 1 is 1.25 bits per heavy atom. The second kappa shape index (κ2) is 4.76. The number of aryl methyl sites for hydroxylation is 1. The number of thiazole rings is 1. The third-order valence-electron chi connectivity index (χ3n) is 2.41. The third kappa shape index (κ3) is 2.49. The fourth-order valence-electron chi connectivity index (χ4n) is 1.64. The van der Waals surface area contributed by atoms with Crippen LogP contribution in [0.4, 0.5) is 0 Å². The molecule has 0 aliphatic carbocycles. The Bertz CT molecular complexity index is 474. The summed E-state index contributed by atoms with van der Waals surface area (Å²) in [6, 6.07) is 8.39. The first-order chi connectivity index (χ1) is 7.66. The number of nitrogens with zero attached hydrogens (tertiary/aromatic N) is 2. The monoisotopic (exact) mass is 232 g/mol. The molecule has 3 heteroatoms. The minimum absolute atomic E-state index is 0.905. The van der Waals surface area contributed by atoms with E-state index in [4.69, 9.17) is 0 Å². The molecule has 0 aliphatic rings. The van der Waals surface area contributed by atoms with Crippen molar-refractivity contribution in [2.45, 2.75) is 13.5 Å². The molecule has 0 N–H and O–H groups in total. The third-order valence-corrected chi connectivity index (χ3v) is 3.33. The molecule has 0 amide bonds. The fourth-order valence-corrected chi connectivity index (χ4v) is 2.54. The van der Waals surface area contributed by atoms with E-state index < -0.39 is 0 Å². The molecule has 1 aromatic carbocycles. The number of benzene rings is 1. The molecule has 16 heavy (non-hydrogen) atoms. The van der Waals surface area contributed by atoms with Crippen LogP contribution in [0.5, 0.6) is 0 Å². The maximum absolute atomic E-state index is 4.66. The number of hydrogen-bond acceptors (Lipinski definition) is 3. The second-order valence-corrected chi connectivity index (χ2v) is 5.05. The first-order valence-corrected chi connectivity index (χ1v) is 6.20. The first kappa shape index (κ1) is 11.3. The van der Waals surface area contributed by atoms with E-state index in [0.717, 1.165) is 17.2 Å². The smallest absolute Gasteiger partial charge is 0.123 e. The van der Waals surface area contributed by atoms with Gasteiger partial charge in [-0.25, -0.2) is 4.98 Å². The van der Waals surface area contributed by atoms with Gasteiger partial charge in [0, 0.05) is 17.5 Å². The van der Waals surface area contributed by atoms with Gasteiger partial charge in [-0.15, -0.1) is 11.3 Å². The van der Waals surface area contributed by atoms with E-state index in [9.17, 15) is 0 Å². The Balaban J connectivity index is 2.28. The number of hydrogen-bond donors (Lipinski definition) is 0. The summed E-state index contributed by atoms with van der Waals surface area (Å²) in [6.07, 6.45) is 0. The van der Waals surface area contributed by atoms with Gasteiger partial charge in [-0.3, -0.25) is 0 Å². The van der Waals surface area contributed by atoms with Gasteiger partial charge in [0.1, 0.15) is 5.01 Å². The minimum Gasteiger partial charge on any atom is -0.304 e. The van der Waals surface area contributed by atoms with Crippen molar-refractivity contribution in [1.82, 2.24) is 9.88 Å². The van der Waals surface area contributed by atoms with Gasteiger partial charge in [-0.1, -0.05) is 24.3 Å². The lowest BCUT2D eigenvalue weighted by Crippen LogP contribution is -2.10. The molecule has 0 radical (unpaired) electrons. The van der Waals surface area contributed by atoms with Gasteiger partial charge in [0.15, 0.2) is 0 Å². The van der Waals surface area contributed by atoms with E-state index >= 15 is 0 Å². The number of rotatable bonds is 3. The van der Waals surface area contributed by atoms with Crippen molar-refractivity contribution in [2.75, 3.05) is 14.1 Å². The van der Waals surface area contributed by atoms with Crippen LogP contribution in [-0.2, 0) is 6.54 Å². The lowest BCUT2D eigenvalue weighted by molar-refractivity contribution is 0.398. The van der Waals surface area contributed by atoms with Crippen LogP contribution < -0.4 is 0 Å². The van der Waals surface area contributed by atoms with Gasteiger partial charge in [0.2, 0.25) is 0 Å². The fraction of sp³-hybridized carbons (Fsp3) is 0.308. The van der Waals surface area contributed by atoms with Gasteiger partial charge < -0.3 is 4.90 Å². The van der Waals surface area contributed by atoms with Crippen molar-refractivity contribution in [1.29, 1.82) is 0 Å². The summed E-state index contributed by atoms with van der Waals surface area (Å²) in [6.45, 7) is 3.03. The molecule has 0 aliphatic heterocycles. The predicted molar refractivity (Wildman–Crippen MR) is 69.7 cm³/mol. The van der Waals surface area contributed by atoms with Gasteiger partial charge in [0.25, 0.3) is 0 Å². The van der Waals surface area contributed by atoms with Gasteiger partial charge in [-0.2, -0.15) is 0 Å². The molecule has 84 valence electrons. The minimum atomic E-state index is 0.905. The van der Waals surface area contributed by atoms with Gasteiger partial charge in [-0.05, 0) is 26.6 Å². The maximum atomic E-state index is 4.66. The summed E-state index contributed by atoms with van der Waals surface area (Å²) in [4.78, 5) is 6.79. The summed E-state index contributed by atoms with van der Waals surface area (Å²) < 4.78 is 0. The Morgan fingerprint density at radius 2 is 2.00 bits per heavy atom. The highest BCUT2D eigenvalue weighted by molar-refractivity contribution is 7.13. The largest absolute Gasteiger partial charge is 0.304 e. The predicted octanol–water partition coefficient (Wildman–Crippen LogP) is 3.18. The highest BCUT2D eigenvalue weighted by Crippen LogP contribution is 2.26. The summed E-state index contributed by atoms with van der Waals surface area (Å²) in [5.41, 5.74) is 3.68. The molecule has 0 saturated carbocycles. The van der Waals surface area contributed by atoms with Crippen LogP contribution in [0.2, 0.25) is 0 Å². The molecular weight excluding hydrogens is 216 g/mol. The summed E-state index contributed by atoms with van der Waals surface area (Å²) in [7, 11) is 4.12. The average molecular weight is 232 g/mol. The van der Waals surface area contributed by atoms with E-state index in [1.165, 1.54) is 11.1 Å². The van der Waals surface area contributed by atoms with E-state index in [0.29, 0.717) is 0 Å². The van der Waals surface area contributed by atoms with Crippen molar-refractivity contribution in [3.05, 3.63) is 40.9 Å². The highest BCUT2D eigenvalue weighted by Gasteiger charge is 2.07. The summed E-state index contributed by atoms with van der Waals surface area (Å²) in [5.74, 6) is 0. The molecule has 0 saturated heterocycles. The van der Waals surface area contributed by atoms with Crippen molar-refractivity contribution in [3.8, 4) is 10.6 Å². The number of aromatic nitrogens is 1. The Morgan fingerprint density at radius 3 is 2.69 bits per heavy atom. The van der Waals surface area contributed by atoms with Crippen LogP contribution in [0.1, 0.15) is 11.3 Å². The van der Waals surface area contributed by atoms with Gasteiger partial charge in [0.05, 0.1) is 5.69 Å². The van der Waals surface area contributed by atoms with E-state index in [-0.39, 0.29) is 0 Å². The first-order valence-electron chi connectivity index (χ1n) is 5.32. The topological polar surface area (TPSA) is 16.1 Å². The zero-order chi connectivity index (χ0) is 11.5. The summed E-state index contributed by atoms with van der Waals surface area (Å²) >= 11 is 1.72. The van der Waals surface area contributed by atoms with E-state index in [2.05, 4.69) is 60.5 Å². The zero-order valence-corrected chi connectivity index (χ0v) is 10.7. The normalized spacial score (nSPS) is 11.0. The van der Waals surface area contributed by atoms with Crippen LogP contribution in [0, 0.1) is 6.92 Å². The molecule has 1 aromatic heterocycles. The maximum Gasteiger partial charge on any atom is 0.123 e. The molecule has 2 aromatic rings. The SMILES string of the molecule is Cc1ccccc1-c1nc(CN(C)C)cs1. The average Bonchev–Trinajstić information content (AvgIpc) is 2.66. The van der Waals surface area contributed by atoms with Crippen LogP contribution in [0.3, 0.4) is 0 Å². The van der Waals surface area contributed by atoms with Crippen LogP contribution in [-0.4, -0.2) is 24.0 Å². The second-order valence-electron chi connectivity index (χ2n) is 4.20. The molecule has 0 atom stereocenters. The molecule has 2 nitrogen and oxygen atoms in total. The van der Waals surface area contributed by atoms with Crippen LogP contribution in [0.25, 0.3) is 10.6 Å². The Kier molecular flexibility index (Phi) is 3.36. The molecule has 1 heterocycles. The van der Waals surface area contributed by atoms with E-state index in [1.807, 2.05) is 0 Å².